The van der Waals surface area contributed by atoms with E-state index < -0.39 is 6.10 Å². The van der Waals surface area contributed by atoms with E-state index in [9.17, 15) is 9.90 Å². The van der Waals surface area contributed by atoms with Crippen LogP contribution in [0.5, 0.6) is 0 Å². The van der Waals surface area contributed by atoms with Crippen LogP contribution in [0.3, 0.4) is 0 Å². The highest BCUT2D eigenvalue weighted by atomic mass is 16.5. The molecule has 0 aliphatic rings. The van der Waals surface area contributed by atoms with Gasteiger partial charge in [-0.15, -0.1) is 0 Å². The molecule has 1 unspecified atom stereocenters. The molecule has 3 nitrogen and oxygen atoms in total. The second-order valence-corrected chi connectivity index (χ2v) is 4.84. The van der Waals surface area contributed by atoms with E-state index in [0.29, 0.717) is 13.0 Å². The number of hydrogen-bond donors (Lipinski definition) is 1. The van der Waals surface area contributed by atoms with Crippen LogP contribution in [0.4, 0.5) is 0 Å². The Bertz CT molecular complexity index is 572. The maximum atomic E-state index is 11.5. The fraction of sp³-hybridized carbons (Fsp3) is 0.353. The minimum atomic E-state index is -0.643. The van der Waals surface area contributed by atoms with E-state index in [2.05, 4.69) is 0 Å². The highest BCUT2D eigenvalue weighted by molar-refractivity contribution is 5.86. The Morgan fingerprint density at radius 2 is 1.95 bits per heavy atom. The number of esters is 1. The van der Waals surface area contributed by atoms with E-state index >= 15 is 0 Å². The van der Waals surface area contributed by atoms with Crippen LogP contribution in [0.15, 0.2) is 42.5 Å². The summed E-state index contributed by atoms with van der Waals surface area (Å²) >= 11 is 0. The number of benzene rings is 2. The summed E-state index contributed by atoms with van der Waals surface area (Å²) in [5.74, 6) is -0.244. The van der Waals surface area contributed by atoms with Crippen molar-refractivity contribution in [2.45, 2.75) is 32.3 Å². The Kier molecular flexibility index (Phi) is 5.13. The third kappa shape index (κ3) is 3.58. The van der Waals surface area contributed by atoms with Crippen LogP contribution in [-0.2, 0) is 9.53 Å². The maximum absolute atomic E-state index is 11.5. The standard InChI is InChI=1S/C17H20O3/c1-2-12-20-17(19)11-10-16(18)15-9-5-7-13-6-3-4-8-14(13)15/h3-9,16,18H,2,10-12H2,1H3. The molecule has 0 aromatic heterocycles. The fourth-order valence-corrected chi connectivity index (χ4v) is 2.24. The molecule has 0 fully saturated rings. The van der Waals surface area contributed by atoms with Gasteiger partial charge in [-0.1, -0.05) is 49.4 Å². The molecule has 0 saturated heterocycles. The molecule has 2 aromatic carbocycles. The molecule has 0 saturated carbocycles. The molecule has 0 amide bonds. The average Bonchev–Trinajstić information content (AvgIpc) is 2.50. The Morgan fingerprint density at radius 3 is 2.75 bits per heavy atom. The first kappa shape index (κ1) is 14.5. The van der Waals surface area contributed by atoms with Crippen LogP contribution in [0.1, 0.15) is 37.9 Å². The molecule has 2 aromatic rings. The van der Waals surface area contributed by atoms with Crippen molar-refractivity contribution < 1.29 is 14.6 Å². The van der Waals surface area contributed by atoms with Gasteiger partial charge < -0.3 is 9.84 Å². The number of aliphatic hydroxyl groups is 1. The lowest BCUT2D eigenvalue weighted by atomic mass is 9.98. The summed E-state index contributed by atoms with van der Waals surface area (Å²) < 4.78 is 5.01. The monoisotopic (exact) mass is 272 g/mol. The lowest BCUT2D eigenvalue weighted by molar-refractivity contribution is -0.144. The van der Waals surface area contributed by atoms with Gasteiger partial charge in [-0.25, -0.2) is 0 Å². The molecule has 20 heavy (non-hydrogen) atoms. The van der Waals surface area contributed by atoms with Crippen LogP contribution in [-0.4, -0.2) is 17.7 Å². The van der Waals surface area contributed by atoms with Crippen LogP contribution < -0.4 is 0 Å². The van der Waals surface area contributed by atoms with Crippen LogP contribution in [0.25, 0.3) is 10.8 Å². The molecule has 0 heterocycles. The van der Waals surface area contributed by atoms with Gasteiger partial charge in [-0.3, -0.25) is 4.79 Å². The zero-order chi connectivity index (χ0) is 14.4. The summed E-state index contributed by atoms with van der Waals surface area (Å²) in [5, 5.41) is 12.4. The Balaban J connectivity index is 2.04. The van der Waals surface area contributed by atoms with Gasteiger partial charge in [-0.05, 0) is 29.2 Å². The quantitative estimate of drug-likeness (QED) is 0.817. The predicted octanol–water partition coefficient (Wildman–Crippen LogP) is 3.61. The number of carbonyl (C=O) groups is 1. The van der Waals surface area contributed by atoms with Crippen molar-refractivity contribution in [1.29, 1.82) is 0 Å². The summed E-state index contributed by atoms with van der Waals surface area (Å²) in [7, 11) is 0. The average molecular weight is 272 g/mol. The van der Waals surface area contributed by atoms with Crippen molar-refractivity contribution in [2.24, 2.45) is 0 Å². The number of carbonyl (C=O) groups excluding carboxylic acids is 1. The lowest BCUT2D eigenvalue weighted by Gasteiger charge is -2.13. The topological polar surface area (TPSA) is 46.5 Å². The molecular formula is C17H20O3. The highest BCUT2D eigenvalue weighted by Gasteiger charge is 2.13. The number of aliphatic hydroxyl groups excluding tert-OH is 1. The van der Waals surface area contributed by atoms with Gasteiger partial charge in [0, 0.05) is 6.42 Å². The van der Waals surface area contributed by atoms with Gasteiger partial charge in [0.2, 0.25) is 0 Å². The van der Waals surface area contributed by atoms with Gasteiger partial charge >= 0.3 is 5.97 Å². The minimum absolute atomic E-state index is 0.240. The molecule has 2 rings (SSSR count). The van der Waals surface area contributed by atoms with E-state index in [0.717, 1.165) is 22.8 Å². The summed E-state index contributed by atoms with van der Waals surface area (Å²) in [5.41, 5.74) is 0.867. The van der Waals surface area contributed by atoms with Gasteiger partial charge in [0.05, 0.1) is 12.7 Å². The first-order chi connectivity index (χ1) is 9.72. The van der Waals surface area contributed by atoms with E-state index in [-0.39, 0.29) is 12.4 Å². The number of hydrogen-bond acceptors (Lipinski definition) is 3. The molecule has 3 heteroatoms. The third-order valence-electron chi connectivity index (χ3n) is 3.27. The Hall–Kier alpha value is -1.87. The summed E-state index contributed by atoms with van der Waals surface area (Å²) in [4.78, 5) is 11.5. The van der Waals surface area contributed by atoms with E-state index in [1.54, 1.807) is 0 Å². The SMILES string of the molecule is CCCOC(=O)CCC(O)c1cccc2ccccc12. The number of rotatable bonds is 6. The number of fused-ring (bicyclic) bond motifs is 1. The van der Waals surface area contributed by atoms with Crippen molar-refractivity contribution in [3.63, 3.8) is 0 Å². The molecule has 0 spiro atoms. The second kappa shape index (κ2) is 7.06. The lowest BCUT2D eigenvalue weighted by Crippen LogP contribution is -2.08. The van der Waals surface area contributed by atoms with E-state index in [4.69, 9.17) is 4.74 Å². The summed E-state index contributed by atoms with van der Waals surface area (Å²) in [6.07, 6.45) is 0.800. The molecule has 0 aliphatic heterocycles. The first-order valence-electron chi connectivity index (χ1n) is 7.03. The normalized spacial score (nSPS) is 12.3. The zero-order valence-electron chi connectivity index (χ0n) is 11.7. The van der Waals surface area contributed by atoms with Crippen LogP contribution in [0.2, 0.25) is 0 Å². The molecule has 0 bridgehead atoms. The van der Waals surface area contributed by atoms with Crippen LogP contribution in [0, 0.1) is 0 Å². The Morgan fingerprint density at radius 1 is 1.20 bits per heavy atom. The van der Waals surface area contributed by atoms with Crippen LogP contribution >= 0.6 is 0 Å². The maximum Gasteiger partial charge on any atom is 0.305 e. The molecule has 1 atom stereocenters. The third-order valence-corrected chi connectivity index (χ3v) is 3.27. The van der Waals surface area contributed by atoms with Crippen molar-refractivity contribution in [3.05, 3.63) is 48.0 Å². The molecular weight excluding hydrogens is 252 g/mol. The second-order valence-electron chi connectivity index (χ2n) is 4.84. The van der Waals surface area contributed by atoms with Crippen molar-refractivity contribution in [1.82, 2.24) is 0 Å². The minimum Gasteiger partial charge on any atom is -0.466 e. The van der Waals surface area contributed by atoms with Gasteiger partial charge in [0.25, 0.3) is 0 Å². The predicted molar refractivity (Wildman–Crippen MR) is 79.4 cm³/mol. The summed E-state index contributed by atoms with van der Waals surface area (Å²) in [6, 6.07) is 13.8. The first-order valence-corrected chi connectivity index (χ1v) is 7.03. The fourth-order valence-electron chi connectivity index (χ4n) is 2.24. The Labute approximate surface area is 119 Å². The number of ether oxygens (including phenoxy) is 1. The van der Waals surface area contributed by atoms with Gasteiger partial charge in [-0.2, -0.15) is 0 Å². The summed E-state index contributed by atoms with van der Waals surface area (Å²) in [6.45, 7) is 2.40. The molecule has 1 N–H and O–H groups in total. The largest absolute Gasteiger partial charge is 0.466 e. The van der Waals surface area contributed by atoms with Gasteiger partial charge in [0.15, 0.2) is 0 Å². The van der Waals surface area contributed by atoms with E-state index in [1.165, 1.54) is 0 Å². The molecule has 0 aliphatic carbocycles. The van der Waals surface area contributed by atoms with Gasteiger partial charge in [0.1, 0.15) is 0 Å². The smallest absolute Gasteiger partial charge is 0.305 e. The highest BCUT2D eigenvalue weighted by Crippen LogP contribution is 2.26. The van der Waals surface area contributed by atoms with E-state index in [1.807, 2.05) is 49.4 Å². The van der Waals surface area contributed by atoms with Crippen molar-refractivity contribution in [2.75, 3.05) is 6.61 Å². The zero-order valence-corrected chi connectivity index (χ0v) is 11.7. The van der Waals surface area contributed by atoms with Crippen molar-refractivity contribution in [3.8, 4) is 0 Å². The molecule has 0 radical (unpaired) electrons. The molecule has 106 valence electrons. The van der Waals surface area contributed by atoms with Crippen molar-refractivity contribution >= 4 is 16.7 Å².